The molecule has 0 aliphatic rings. The summed E-state index contributed by atoms with van der Waals surface area (Å²) in [5, 5.41) is 21.3. The van der Waals surface area contributed by atoms with Crippen molar-refractivity contribution in [2.24, 2.45) is 0 Å². The molecule has 1 heterocycles. The number of nitrogens with zero attached hydrogens (tertiary/aromatic N) is 2. The Morgan fingerprint density at radius 1 is 0.920 bits per heavy atom. The van der Waals surface area contributed by atoms with Crippen LogP contribution >= 0.6 is 23.1 Å². The van der Waals surface area contributed by atoms with Crippen LogP contribution in [0.15, 0.2) is 119 Å². The number of hydrogen-bond donors (Lipinski definition) is 3. The lowest BCUT2D eigenvalue weighted by Crippen LogP contribution is -2.30. The number of hydrogen-bond acceptors (Lipinski definition) is 8. The number of benzene rings is 4. The fourth-order valence-electron chi connectivity index (χ4n) is 4.85. The first-order valence-electron chi connectivity index (χ1n) is 15.9. The van der Waals surface area contributed by atoms with Crippen molar-refractivity contribution >= 4 is 63.4 Å². The minimum absolute atomic E-state index is 0.0393. The minimum Gasteiger partial charge on any atom is -0.321 e. The van der Waals surface area contributed by atoms with Crippen LogP contribution in [0, 0.1) is 10.1 Å². The van der Waals surface area contributed by atoms with Gasteiger partial charge >= 0.3 is 0 Å². The van der Waals surface area contributed by atoms with Crippen LogP contribution in [0.25, 0.3) is 17.3 Å². The number of aromatic nitrogens is 1. The Kier molecular flexibility index (Phi) is 11.9. The molecule has 1 aromatic heterocycles. The van der Waals surface area contributed by atoms with Gasteiger partial charge in [-0.25, -0.2) is 4.98 Å². The molecule has 5 rings (SSSR count). The van der Waals surface area contributed by atoms with E-state index in [9.17, 15) is 24.5 Å². The van der Waals surface area contributed by atoms with Crippen LogP contribution in [0.5, 0.6) is 0 Å². The zero-order chi connectivity index (χ0) is 35.6. The number of carbonyl (C=O) groups excluding carboxylic acids is 3. The van der Waals surface area contributed by atoms with Crippen molar-refractivity contribution in [1.29, 1.82) is 0 Å². The third-order valence-corrected chi connectivity index (χ3v) is 9.68. The van der Waals surface area contributed by atoms with Crippen LogP contribution in [0.2, 0.25) is 0 Å². The Balaban J connectivity index is 1.28. The third-order valence-electron chi connectivity index (χ3n) is 7.56. The van der Waals surface area contributed by atoms with Crippen LogP contribution in [-0.2, 0) is 9.59 Å². The highest BCUT2D eigenvalue weighted by molar-refractivity contribution is 8.00. The van der Waals surface area contributed by atoms with Crippen molar-refractivity contribution in [2.75, 3.05) is 10.6 Å². The van der Waals surface area contributed by atoms with Crippen LogP contribution in [0.3, 0.4) is 0 Å². The number of carbonyl (C=O) groups is 3. The summed E-state index contributed by atoms with van der Waals surface area (Å²) in [4.78, 5) is 55.9. The molecule has 1 unspecified atom stereocenters. The molecule has 3 N–H and O–H groups in total. The molecule has 0 bridgehead atoms. The molecule has 254 valence electrons. The van der Waals surface area contributed by atoms with E-state index < -0.39 is 22.0 Å². The smallest absolute Gasteiger partial charge is 0.272 e. The predicted octanol–water partition coefficient (Wildman–Crippen LogP) is 8.76. The van der Waals surface area contributed by atoms with Crippen LogP contribution in [0.1, 0.15) is 54.6 Å². The van der Waals surface area contributed by atoms with E-state index in [0.29, 0.717) is 40.0 Å². The average Bonchev–Trinajstić information content (AvgIpc) is 3.59. The van der Waals surface area contributed by atoms with Gasteiger partial charge in [-0.1, -0.05) is 81.4 Å². The summed E-state index contributed by atoms with van der Waals surface area (Å²) >= 11 is 2.58. The van der Waals surface area contributed by atoms with E-state index in [2.05, 4.69) is 34.8 Å². The van der Waals surface area contributed by atoms with Crippen LogP contribution in [-0.4, -0.2) is 32.9 Å². The fraction of sp³-hybridized carbons (Fsp3) is 0.158. The minimum atomic E-state index is -0.502. The highest BCUT2D eigenvalue weighted by Crippen LogP contribution is 2.31. The Labute approximate surface area is 298 Å². The monoisotopic (exact) mass is 705 g/mol. The maximum absolute atomic E-state index is 13.6. The van der Waals surface area contributed by atoms with Gasteiger partial charge < -0.3 is 16.0 Å². The van der Waals surface area contributed by atoms with Crippen molar-refractivity contribution in [3.8, 4) is 11.3 Å². The lowest BCUT2D eigenvalue weighted by Gasteiger charge is -2.15. The fourth-order valence-corrected chi connectivity index (χ4v) is 6.58. The maximum Gasteiger partial charge on any atom is 0.272 e. The molecule has 5 aromatic rings. The van der Waals surface area contributed by atoms with E-state index in [4.69, 9.17) is 0 Å². The number of thioether (sulfide) groups is 1. The van der Waals surface area contributed by atoms with Crippen LogP contribution < -0.4 is 16.0 Å². The van der Waals surface area contributed by atoms with E-state index in [1.807, 2.05) is 43.3 Å². The normalized spacial score (nSPS) is 11.9. The first-order chi connectivity index (χ1) is 24.1. The van der Waals surface area contributed by atoms with Crippen molar-refractivity contribution in [1.82, 2.24) is 10.3 Å². The third kappa shape index (κ3) is 9.52. The van der Waals surface area contributed by atoms with Gasteiger partial charge in [0.25, 0.3) is 17.5 Å². The van der Waals surface area contributed by atoms with Gasteiger partial charge in [0.2, 0.25) is 5.91 Å². The zero-order valence-electron chi connectivity index (χ0n) is 27.6. The lowest BCUT2D eigenvalue weighted by molar-refractivity contribution is -0.384. The Morgan fingerprint density at radius 3 is 2.36 bits per heavy atom. The first-order valence-corrected chi connectivity index (χ1v) is 17.6. The summed E-state index contributed by atoms with van der Waals surface area (Å²) in [5.74, 6) is -0.809. The molecule has 0 radical (unpaired) electrons. The molecule has 0 spiro atoms. The van der Waals surface area contributed by atoms with E-state index in [1.165, 1.54) is 35.2 Å². The highest BCUT2D eigenvalue weighted by atomic mass is 32.2. The maximum atomic E-state index is 13.6. The second kappa shape index (κ2) is 16.7. The molecule has 0 fully saturated rings. The van der Waals surface area contributed by atoms with E-state index in [-0.39, 0.29) is 17.3 Å². The second-order valence-electron chi connectivity index (χ2n) is 11.5. The van der Waals surface area contributed by atoms with Gasteiger partial charge in [0.15, 0.2) is 5.13 Å². The summed E-state index contributed by atoms with van der Waals surface area (Å²) in [7, 11) is 0. The molecule has 50 heavy (non-hydrogen) atoms. The van der Waals surface area contributed by atoms with Gasteiger partial charge in [0.1, 0.15) is 5.70 Å². The van der Waals surface area contributed by atoms with E-state index in [0.717, 1.165) is 16.0 Å². The molecule has 0 saturated carbocycles. The molecule has 10 nitrogen and oxygen atoms in total. The van der Waals surface area contributed by atoms with Gasteiger partial charge in [0.05, 0.1) is 15.9 Å². The van der Waals surface area contributed by atoms with Gasteiger partial charge in [0, 0.05) is 39.2 Å². The first kappa shape index (κ1) is 35.7. The average molecular weight is 706 g/mol. The standard InChI is InChI=1S/C38H35N5O5S2/c1-4-34(37(46)42-38-41-33(23-49-38)28-12-8-14-30(21-28)43(47)48)50-31-15-9-13-29(22-31)39-36(45)32(40-35(44)27-10-6-5-7-11-27)20-25-16-18-26(19-17-25)24(2)3/h5-24,34H,4H2,1-3H3,(H,39,45)(H,40,44)(H,41,42,46)/b32-20+. The summed E-state index contributed by atoms with van der Waals surface area (Å²) in [5.41, 5.74) is 3.97. The summed E-state index contributed by atoms with van der Waals surface area (Å²) in [6.07, 6.45) is 2.16. The number of nitro groups is 1. The van der Waals surface area contributed by atoms with Crippen LogP contribution in [0.4, 0.5) is 16.5 Å². The Morgan fingerprint density at radius 2 is 1.66 bits per heavy atom. The largest absolute Gasteiger partial charge is 0.321 e. The van der Waals surface area contributed by atoms with Gasteiger partial charge in [-0.3, -0.25) is 24.5 Å². The molecular weight excluding hydrogens is 671 g/mol. The molecular formula is C38H35N5O5S2. The quantitative estimate of drug-likeness (QED) is 0.0481. The Bertz CT molecular complexity index is 2030. The molecule has 1 atom stereocenters. The number of non-ortho nitro benzene ring substituents is 1. The summed E-state index contributed by atoms with van der Waals surface area (Å²) < 4.78 is 0. The number of nitro benzene ring substituents is 1. The zero-order valence-corrected chi connectivity index (χ0v) is 29.2. The number of amides is 3. The number of thiazole rings is 1. The van der Waals surface area contributed by atoms with Crippen molar-refractivity contribution in [3.05, 3.63) is 141 Å². The molecule has 12 heteroatoms. The molecule has 4 aromatic carbocycles. The number of anilines is 2. The molecule has 3 amide bonds. The van der Waals surface area contributed by atoms with E-state index in [1.54, 1.807) is 66.1 Å². The molecule has 0 aliphatic carbocycles. The Hall–Kier alpha value is -5.59. The van der Waals surface area contributed by atoms with Crippen molar-refractivity contribution in [3.63, 3.8) is 0 Å². The topological polar surface area (TPSA) is 143 Å². The van der Waals surface area contributed by atoms with E-state index >= 15 is 0 Å². The predicted molar refractivity (Wildman–Crippen MR) is 200 cm³/mol. The van der Waals surface area contributed by atoms with Gasteiger partial charge in [-0.15, -0.1) is 23.1 Å². The molecule has 0 saturated heterocycles. The van der Waals surface area contributed by atoms with Crippen molar-refractivity contribution in [2.45, 2.75) is 43.3 Å². The number of nitrogens with one attached hydrogen (secondary N) is 3. The SMILES string of the molecule is CCC(Sc1cccc(NC(=O)/C(=C\c2ccc(C(C)C)cc2)NC(=O)c2ccccc2)c1)C(=O)Nc1nc(-c2cccc([N+](=O)[O-])c2)cs1. The lowest BCUT2D eigenvalue weighted by atomic mass is 10.0. The molecule has 0 aliphatic heterocycles. The summed E-state index contributed by atoms with van der Waals surface area (Å²) in [6.45, 7) is 6.11. The van der Waals surface area contributed by atoms with Crippen molar-refractivity contribution < 1.29 is 19.3 Å². The number of rotatable bonds is 13. The van der Waals surface area contributed by atoms with Gasteiger partial charge in [-0.2, -0.15) is 0 Å². The second-order valence-corrected chi connectivity index (χ2v) is 13.7. The van der Waals surface area contributed by atoms with Gasteiger partial charge in [-0.05, 0) is 59.9 Å². The summed E-state index contributed by atoms with van der Waals surface area (Å²) in [6, 6.07) is 29.8. The highest BCUT2D eigenvalue weighted by Gasteiger charge is 2.21.